The molecule has 0 amide bonds. The van der Waals surface area contributed by atoms with Crippen LogP contribution in [0.2, 0.25) is 0 Å². The topological polar surface area (TPSA) is 111 Å². The zero-order valence-electron chi connectivity index (χ0n) is 12.1. The number of hydrogen-bond donors (Lipinski definition) is 2. The highest BCUT2D eigenvalue weighted by molar-refractivity contribution is 7.91. The van der Waals surface area contributed by atoms with E-state index in [4.69, 9.17) is 5.73 Å². The van der Waals surface area contributed by atoms with Crippen LogP contribution < -0.4 is 10.5 Å². The number of esters is 1. The molecule has 0 atom stereocenters. The van der Waals surface area contributed by atoms with Crippen molar-refractivity contribution in [2.24, 2.45) is 5.73 Å². The molecule has 0 aliphatic heterocycles. The molecule has 122 valence electrons. The van der Waals surface area contributed by atoms with Crippen molar-refractivity contribution < 1.29 is 17.9 Å². The maximum atomic E-state index is 12.2. The van der Waals surface area contributed by atoms with Gasteiger partial charge >= 0.3 is 5.97 Å². The van der Waals surface area contributed by atoms with Gasteiger partial charge in [0.1, 0.15) is 0 Å². The minimum Gasteiger partial charge on any atom is -0.464 e. The maximum absolute atomic E-state index is 12.2. The Labute approximate surface area is 134 Å². The van der Waals surface area contributed by atoms with E-state index in [-0.39, 0.29) is 28.9 Å². The molecule has 0 aliphatic carbocycles. The molecular formula is C11H20ClN3O4S2. The Balaban J connectivity index is 0.00000400. The first kappa shape index (κ1) is 20.3. The minimum absolute atomic E-state index is 0. The zero-order valence-corrected chi connectivity index (χ0v) is 14.5. The lowest BCUT2D eigenvalue weighted by atomic mass is 9.95. The lowest BCUT2D eigenvalue weighted by molar-refractivity contribution is 0.0590. The van der Waals surface area contributed by atoms with Gasteiger partial charge in [-0.15, -0.1) is 23.7 Å². The van der Waals surface area contributed by atoms with Gasteiger partial charge in [-0.1, -0.05) is 13.8 Å². The summed E-state index contributed by atoms with van der Waals surface area (Å²) in [5.41, 5.74) is 6.52. The number of methoxy groups -OCH3 is 1. The number of sulfonamides is 1. The standard InChI is InChI=1S/C11H19N3O4S2.ClH/c1-4-11(12,5-2)6-14-20(16,17)10-8(9(15)18-3)13-7-19-10;/h7,14H,4-6,12H2,1-3H3;1H. The Bertz CT molecular complexity index is 570. The summed E-state index contributed by atoms with van der Waals surface area (Å²) in [6.07, 6.45) is 1.27. The summed E-state index contributed by atoms with van der Waals surface area (Å²) >= 11 is 0.863. The van der Waals surface area contributed by atoms with Gasteiger partial charge in [-0.3, -0.25) is 0 Å². The number of ether oxygens (including phenoxy) is 1. The van der Waals surface area contributed by atoms with Crippen molar-refractivity contribution in [2.75, 3.05) is 13.7 Å². The van der Waals surface area contributed by atoms with Crippen molar-refractivity contribution in [3.8, 4) is 0 Å². The molecule has 0 aromatic carbocycles. The second-order valence-electron chi connectivity index (χ2n) is 4.37. The van der Waals surface area contributed by atoms with Crippen LogP contribution in [0.1, 0.15) is 37.2 Å². The number of halogens is 1. The Hall–Kier alpha value is -0.740. The highest BCUT2D eigenvalue weighted by atomic mass is 35.5. The van der Waals surface area contributed by atoms with Crippen molar-refractivity contribution in [3.05, 3.63) is 11.2 Å². The second kappa shape index (κ2) is 8.04. The van der Waals surface area contributed by atoms with Gasteiger partial charge in [0.15, 0.2) is 9.90 Å². The Morgan fingerprint density at radius 2 is 2.05 bits per heavy atom. The molecule has 0 aliphatic rings. The Morgan fingerprint density at radius 3 is 2.52 bits per heavy atom. The molecule has 0 unspecified atom stereocenters. The predicted molar refractivity (Wildman–Crippen MR) is 83.4 cm³/mol. The van der Waals surface area contributed by atoms with Crippen LogP contribution in [-0.2, 0) is 14.8 Å². The summed E-state index contributed by atoms with van der Waals surface area (Å²) in [5, 5.41) is 0. The summed E-state index contributed by atoms with van der Waals surface area (Å²) in [4.78, 5) is 15.2. The average molecular weight is 358 g/mol. The summed E-state index contributed by atoms with van der Waals surface area (Å²) < 4.78 is 31.2. The van der Waals surface area contributed by atoms with E-state index in [0.29, 0.717) is 12.8 Å². The average Bonchev–Trinajstić information content (AvgIpc) is 2.94. The third-order valence-electron chi connectivity index (χ3n) is 3.18. The second-order valence-corrected chi connectivity index (χ2v) is 7.19. The first-order chi connectivity index (χ1) is 9.29. The van der Waals surface area contributed by atoms with Crippen molar-refractivity contribution >= 4 is 39.7 Å². The van der Waals surface area contributed by atoms with E-state index in [2.05, 4.69) is 14.4 Å². The summed E-state index contributed by atoms with van der Waals surface area (Å²) in [5.74, 6) is -0.781. The van der Waals surface area contributed by atoms with Gasteiger partial charge in [0, 0.05) is 12.1 Å². The smallest absolute Gasteiger partial charge is 0.358 e. The number of nitrogens with two attached hydrogens (primary N) is 1. The number of rotatable bonds is 7. The van der Waals surface area contributed by atoms with Crippen LogP contribution in [0.15, 0.2) is 9.72 Å². The van der Waals surface area contributed by atoms with E-state index < -0.39 is 21.5 Å². The molecule has 1 rings (SSSR count). The number of carbonyl (C=O) groups is 1. The zero-order chi connectivity index (χ0) is 15.4. The number of nitrogens with one attached hydrogen (secondary N) is 1. The van der Waals surface area contributed by atoms with Crippen LogP contribution in [0.25, 0.3) is 0 Å². The number of thiazole rings is 1. The minimum atomic E-state index is -3.83. The van der Waals surface area contributed by atoms with Crippen LogP contribution in [0.5, 0.6) is 0 Å². The first-order valence-corrected chi connectivity index (χ1v) is 8.46. The van der Waals surface area contributed by atoms with Gasteiger partial charge < -0.3 is 10.5 Å². The van der Waals surface area contributed by atoms with Crippen molar-refractivity contribution in [3.63, 3.8) is 0 Å². The molecular weight excluding hydrogens is 338 g/mol. The SMILES string of the molecule is CCC(N)(CC)CNS(=O)(=O)c1scnc1C(=O)OC.Cl. The quantitative estimate of drug-likeness (QED) is 0.708. The van der Waals surface area contributed by atoms with Crippen molar-refractivity contribution in [2.45, 2.75) is 36.4 Å². The van der Waals surface area contributed by atoms with Gasteiger partial charge in [-0.2, -0.15) is 0 Å². The molecule has 3 N–H and O–H groups in total. The lowest BCUT2D eigenvalue weighted by Crippen LogP contribution is -2.49. The van der Waals surface area contributed by atoms with E-state index in [9.17, 15) is 13.2 Å². The van der Waals surface area contributed by atoms with E-state index >= 15 is 0 Å². The van der Waals surface area contributed by atoms with Crippen LogP contribution in [0.3, 0.4) is 0 Å². The fraction of sp³-hybridized carbons (Fsp3) is 0.636. The summed E-state index contributed by atoms with van der Waals surface area (Å²) in [7, 11) is -2.66. The summed E-state index contributed by atoms with van der Waals surface area (Å²) in [6, 6.07) is 0. The number of aromatic nitrogens is 1. The molecule has 0 spiro atoms. The van der Waals surface area contributed by atoms with Gasteiger partial charge in [-0.05, 0) is 12.8 Å². The Kier molecular flexibility index (Phi) is 7.76. The third kappa shape index (κ3) is 4.89. The number of nitrogens with zero attached hydrogens (tertiary/aromatic N) is 1. The van der Waals surface area contributed by atoms with Crippen molar-refractivity contribution in [1.82, 2.24) is 9.71 Å². The normalized spacial score (nSPS) is 11.8. The molecule has 7 nitrogen and oxygen atoms in total. The molecule has 10 heteroatoms. The molecule has 0 saturated heterocycles. The van der Waals surface area contributed by atoms with Crippen LogP contribution in [0, 0.1) is 0 Å². The monoisotopic (exact) mass is 357 g/mol. The first-order valence-electron chi connectivity index (χ1n) is 6.10. The van der Waals surface area contributed by atoms with Gasteiger partial charge in [0.2, 0.25) is 0 Å². The molecule has 0 saturated carbocycles. The third-order valence-corrected chi connectivity index (χ3v) is 5.95. The Morgan fingerprint density at radius 1 is 1.48 bits per heavy atom. The maximum Gasteiger partial charge on any atom is 0.358 e. The van der Waals surface area contributed by atoms with E-state index in [1.807, 2.05) is 13.8 Å². The summed E-state index contributed by atoms with van der Waals surface area (Å²) in [6.45, 7) is 3.88. The van der Waals surface area contributed by atoms with Crippen LogP contribution in [0.4, 0.5) is 0 Å². The van der Waals surface area contributed by atoms with Gasteiger partial charge in [-0.25, -0.2) is 22.9 Å². The van der Waals surface area contributed by atoms with Crippen molar-refractivity contribution in [1.29, 1.82) is 0 Å². The van der Waals surface area contributed by atoms with Gasteiger partial charge in [0.05, 0.1) is 12.6 Å². The number of hydrogen-bond acceptors (Lipinski definition) is 7. The highest BCUT2D eigenvalue weighted by Gasteiger charge is 2.29. The van der Waals surface area contributed by atoms with E-state index in [0.717, 1.165) is 11.3 Å². The lowest BCUT2D eigenvalue weighted by Gasteiger charge is -2.26. The fourth-order valence-corrected chi connectivity index (χ4v) is 3.78. The highest BCUT2D eigenvalue weighted by Crippen LogP contribution is 2.21. The molecule has 0 fully saturated rings. The van der Waals surface area contributed by atoms with E-state index in [1.54, 1.807) is 0 Å². The largest absolute Gasteiger partial charge is 0.464 e. The molecule has 0 radical (unpaired) electrons. The number of carbonyl (C=O) groups excluding carboxylic acids is 1. The molecule has 1 heterocycles. The van der Waals surface area contributed by atoms with Gasteiger partial charge in [0.25, 0.3) is 10.0 Å². The predicted octanol–water partition coefficient (Wildman–Crippen LogP) is 1.15. The fourth-order valence-electron chi connectivity index (χ4n) is 1.46. The molecule has 0 bridgehead atoms. The molecule has 21 heavy (non-hydrogen) atoms. The molecule has 1 aromatic heterocycles. The van der Waals surface area contributed by atoms with Crippen LogP contribution in [-0.4, -0.2) is 38.6 Å². The van der Waals surface area contributed by atoms with E-state index in [1.165, 1.54) is 12.6 Å². The molecule has 1 aromatic rings. The van der Waals surface area contributed by atoms with Crippen LogP contribution >= 0.6 is 23.7 Å².